The van der Waals surface area contributed by atoms with Gasteiger partial charge in [0.05, 0.1) is 28.7 Å². The largest absolute Gasteiger partial charge is 0.391 e. The molecule has 4 atom stereocenters. The maximum atomic E-state index is 13.8. The van der Waals surface area contributed by atoms with E-state index in [-0.39, 0.29) is 24.0 Å². The molecular formula is C31H42ClN5O5. The van der Waals surface area contributed by atoms with Crippen molar-refractivity contribution in [3.63, 3.8) is 0 Å². The van der Waals surface area contributed by atoms with Crippen molar-refractivity contribution in [1.29, 1.82) is 0 Å². The summed E-state index contributed by atoms with van der Waals surface area (Å²) >= 11 is 0. The first-order valence-electron chi connectivity index (χ1n) is 14.7. The molecule has 2 aliphatic heterocycles. The number of imide groups is 1. The third-order valence-corrected chi connectivity index (χ3v) is 7.97. The Morgan fingerprint density at radius 2 is 1.55 bits per heavy atom. The van der Waals surface area contributed by atoms with Crippen LogP contribution in [0.4, 0.5) is 17.1 Å². The van der Waals surface area contributed by atoms with Gasteiger partial charge in [0.15, 0.2) is 0 Å². The van der Waals surface area contributed by atoms with Crippen LogP contribution in [-0.4, -0.2) is 45.0 Å². The maximum Gasteiger partial charge on any atom is 0.269 e. The van der Waals surface area contributed by atoms with Crippen molar-refractivity contribution in [3.8, 4) is 0 Å². The van der Waals surface area contributed by atoms with Gasteiger partial charge in [-0.3, -0.25) is 19.7 Å². The Labute approximate surface area is 253 Å². The monoisotopic (exact) mass is 599 g/mol. The second-order valence-corrected chi connectivity index (χ2v) is 10.9. The number of hydrogen-bond donors (Lipinski definition) is 3. The number of nitrogens with two attached hydrogens (primary N) is 1. The average molecular weight is 600 g/mol. The summed E-state index contributed by atoms with van der Waals surface area (Å²) in [6.07, 6.45) is 12.5. The number of aliphatic hydroxyl groups excluding tert-OH is 1. The Kier molecular flexibility index (Phi) is 12.5. The molecule has 4 rings (SSSR count). The lowest BCUT2D eigenvalue weighted by Gasteiger charge is -2.40. The van der Waals surface area contributed by atoms with Gasteiger partial charge < -0.3 is 16.3 Å². The first kappa shape index (κ1) is 33.2. The lowest BCUT2D eigenvalue weighted by atomic mass is 9.91. The lowest BCUT2D eigenvalue weighted by molar-refractivity contribution is -0.384. The summed E-state index contributed by atoms with van der Waals surface area (Å²) in [6, 6.07) is 11.4. The van der Waals surface area contributed by atoms with E-state index >= 15 is 0 Å². The van der Waals surface area contributed by atoms with Crippen LogP contribution >= 0.6 is 12.4 Å². The Balaban J connectivity index is 0.00000484. The minimum Gasteiger partial charge on any atom is -0.391 e. The van der Waals surface area contributed by atoms with Crippen LogP contribution in [0.5, 0.6) is 0 Å². The molecule has 0 saturated carbocycles. The van der Waals surface area contributed by atoms with E-state index in [0.29, 0.717) is 24.3 Å². The molecule has 1 fully saturated rings. The van der Waals surface area contributed by atoms with Gasteiger partial charge in [-0.2, -0.15) is 0 Å². The zero-order valence-electron chi connectivity index (χ0n) is 24.1. The van der Waals surface area contributed by atoms with Crippen LogP contribution in [0.1, 0.15) is 70.3 Å². The summed E-state index contributed by atoms with van der Waals surface area (Å²) in [7, 11) is 0. The van der Waals surface area contributed by atoms with Gasteiger partial charge in [0.25, 0.3) is 11.6 Å². The minimum atomic E-state index is -0.893. The molecule has 0 spiro atoms. The summed E-state index contributed by atoms with van der Waals surface area (Å²) in [5.41, 5.74) is 10.7. The molecule has 4 N–H and O–H groups in total. The minimum absolute atomic E-state index is 0. The molecule has 10 nitrogen and oxygen atoms in total. The number of nitro benzene ring substituents is 1. The van der Waals surface area contributed by atoms with Crippen LogP contribution in [-0.2, 0) is 16.1 Å². The lowest BCUT2D eigenvalue weighted by Crippen LogP contribution is -2.57. The van der Waals surface area contributed by atoms with E-state index in [1.54, 1.807) is 53.6 Å². The van der Waals surface area contributed by atoms with E-state index in [2.05, 4.69) is 12.3 Å². The van der Waals surface area contributed by atoms with Crippen LogP contribution in [0.15, 0.2) is 60.7 Å². The Hall–Kier alpha value is -3.31. The molecule has 2 heterocycles. The van der Waals surface area contributed by atoms with Crippen LogP contribution in [0, 0.1) is 16.0 Å². The van der Waals surface area contributed by atoms with E-state index in [1.165, 1.54) is 49.1 Å². The molecule has 2 aliphatic rings. The molecule has 0 aromatic heterocycles. The van der Waals surface area contributed by atoms with E-state index in [4.69, 9.17) is 5.73 Å². The fourth-order valence-corrected chi connectivity index (χ4v) is 5.63. The molecule has 228 valence electrons. The zero-order chi connectivity index (χ0) is 29.4. The number of nitro groups is 1. The number of nitrogens with zero attached hydrogens (tertiary/aromatic N) is 3. The summed E-state index contributed by atoms with van der Waals surface area (Å²) in [6.45, 7) is 2.55. The molecule has 11 heteroatoms. The van der Waals surface area contributed by atoms with Gasteiger partial charge in [0.1, 0.15) is 6.04 Å². The van der Waals surface area contributed by atoms with Crippen LogP contribution in [0.25, 0.3) is 0 Å². The molecule has 42 heavy (non-hydrogen) atoms. The Morgan fingerprint density at radius 3 is 2.14 bits per heavy atom. The number of fused-ring (bicyclic) bond motifs is 1. The zero-order valence-corrected chi connectivity index (χ0v) is 24.9. The highest BCUT2D eigenvalue weighted by molar-refractivity contribution is 6.24. The number of carbonyl (C=O) groups is 2. The SMILES string of the molecule is CCCCCCCCCC[C@@H](O)[C@H]1C=C[C@H]2C(=O)N(c3ccc(CN)cc3)C(=O)[C@H]2N1Nc1ccc([N+](=O)[O-])cc1.Cl. The summed E-state index contributed by atoms with van der Waals surface area (Å²) in [5.74, 6) is -1.49. The van der Waals surface area contributed by atoms with Crippen molar-refractivity contribution < 1.29 is 19.6 Å². The number of carbonyl (C=O) groups excluding carboxylic acids is 2. The van der Waals surface area contributed by atoms with E-state index in [9.17, 15) is 24.8 Å². The normalized spacial score (nSPS) is 20.7. The maximum absolute atomic E-state index is 13.8. The van der Waals surface area contributed by atoms with Crippen molar-refractivity contribution >= 4 is 41.3 Å². The molecular weight excluding hydrogens is 558 g/mol. The molecule has 2 aromatic rings. The van der Waals surface area contributed by atoms with Gasteiger partial charge >= 0.3 is 0 Å². The standard InChI is InChI=1S/C31H41N5O5.ClH/c1-2-3-4-5-6-7-8-9-10-28(37)27-20-19-26-29(35(27)33-23-13-17-25(18-14-23)36(40)41)31(39)34(30(26)38)24-15-11-22(21-32)12-16-24;/h11-20,26-29,33,37H,2-10,21,32H2,1H3;1H/t26-,27-,28-,29+;/m1./s1. The molecule has 2 aromatic carbocycles. The highest BCUT2D eigenvalue weighted by atomic mass is 35.5. The predicted molar refractivity (Wildman–Crippen MR) is 166 cm³/mol. The Bertz CT molecular complexity index is 1220. The van der Waals surface area contributed by atoms with E-state index in [0.717, 1.165) is 24.8 Å². The fourth-order valence-electron chi connectivity index (χ4n) is 5.63. The number of aliphatic hydroxyl groups is 1. The van der Waals surface area contributed by atoms with Gasteiger partial charge in [0, 0.05) is 24.4 Å². The van der Waals surface area contributed by atoms with Gasteiger partial charge in [-0.1, -0.05) is 82.6 Å². The van der Waals surface area contributed by atoms with Crippen molar-refractivity contribution in [2.24, 2.45) is 11.7 Å². The Morgan fingerprint density at radius 1 is 0.929 bits per heavy atom. The number of halogens is 1. The number of non-ortho nitro benzene ring substituents is 1. The fraction of sp³-hybridized carbons (Fsp3) is 0.484. The smallest absolute Gasteiger partial charge is 0.269 e. The topological polar surface area (TPSA) is 142 Å². The van der Waals surface area contributed by atoms with Gasteiger partial charge in [-0.25, -0.2) is 9.91 Å². The first-order chi connectivity index (χ1) is 19.8. The number of amides is 2. The van der Waals surface area contributed by atoms with Crippen LogP contribution in [0.2, 0.25) is 0 Å². The highest BCUT2D eigenvalue weighted by Crippen LogP contribution is 2.36. The third-order valence-electron chi connectivity index (χ3n) is 7.97. The first-order valence-corrected chi connectivity index (χ1v) is 14.7. The summed E-state index contributed by atoms with van der Waals surface area (Å²) in [5, 5.41) is 24.1. The molecule has 0 radical (unpaired) electrons. The molecule has 0 aliphatic carbocycles. The van der Waals surface area contributed by atoms with Crippen LogP contribution in [0.3, 0.4) is 0 Å². The predicted octanol–water partition coefficient (Wildman–Crippen LogP) is 5.49. The second kappa shape index (κ2) is 15.8. The summed E-state index contributed by atoms with van der Waals surface area (Å²) in [4.78, 5) is 39.1. The van der Waals surface area contributed by atoms with Gasteiger partial charge in [0.2, 0.25) is 5.91 Å². The quantitative estimate of drug-likeness (QED) is 0.0801. The van der Waals surface area contributed by atoms with E-state index < -0.39 is 34.9 Å². The van der Waals surface area contributed by atoms with Crippen LogP contribution < -0.4 is 16.1 Å². The van der Waals surface area contributed by atoms with Crippen molar-refractivity contribution in [1.82, 2.24) is 5.01 Å². The van der Waals surface area contributed by atoms with Gasteiger partial charge in [-0.15, -0.1) is 12.4 Å². The molecule has 2 amide bonds. The number of rotatable bonds is 15. The molecule has 1 saturated heterocycles. The number of hydrazine groups is 1. The number of benzene rings is 2. The number of nitrogens with one attached hydrogen (secondary N) is 1. The molecule has 0 bridgehead atoms. The van der Waals surface area contributed by atoms with Gasteiger partial charge in [-0.05, 0) is 36.2 Å². The average Bonchev–Trinajstić information content (AvgIpc) is 3.24. The highest BCUT2D eigenvalue weighted by Gasteiger charge is 2.54. The van der Waals surface area contributed by atoms with Crippen molar-refractivity contribution in [3.05, 3.63) is 76.4 Å². The van der Waals surface area contributed by atoms with Crippen molar-refractivity contribution in [2.75, 3.05) is 10.3 Å². The van der Waals surface area contributed by atoms with Crippen molar-refractivity contribution in [2.45, 2.75) is 89.4 Å². The second-order valence-electron chi connectivity index (χ2n) is 10.9. The number of hydrogen-bond acceptors (Lipinski definition) is 8. The third kappa shape index (κ3) is 7.74. The molecule has 0 unspecified atom stereocenters. The number of anilines is 2. The van der Waals surface area contributed by atoms with E-state index in [1.807, 2.05) is 0 Å². The summed E-state index contributed by atoms with van der Waals surface area (Å²) < 4.78 is 0. The number of unbranched alkanes of at least 4 members (excludes halogenated alkanes) is 7.